The van der Waals surface area contributed by atoms with Gasteiger partial charge in [-0.25, -0.2) is 13.2 Å². The lowest BCUT2D eigenvalue weighted by molar-refractivity contribution is -0.140. The molecule has 0 spiro atoms. The van der Waals surface area contributed by atoms with Crippen LogP contribution in [-0.4, -0.2) is 42.9 Å². The second-order valence-corrected chi connectivity index (χ2v) is 6.27. The van der Waals surface area contributed by atoms with Crippen molar-refractivity contribution >= 4 is 21.7 Å². The van der Waals surface area contributed by atoms with Crippen LogP contribution in [0.5, 0.6) is 0 Å². The van der Waals surface area contributed by atoms with Crippen molar-refractivity contribution in [1.29, 1.82) is 0 Å². The van der Waals surface area contributed by atoms with Crippen molar-refractivity contribution in [2.75, 3.05) is 11.5 Å². The summed E-state index contributed by atoms with van der Waals surface area (Å²) in [6, 6.07) is -1.35. The third-order valence-corrected chi connectivity index (χ3v) is 4.10. The topological polar surface area (TPSA) is 101 Å². The minimum atomic E-state index is -3.40. The van der Waals surface area contributed by atoms with Gasteiger partial charge in [-0.1, -0.05) is 0 Å². The fourth-order valence-corrected chi connectivity index (χ4v) is 3.31. The molecule has 1 atom stereocenters. The lowest BCUT2D eigenvalue weighted by Gasteiger charge is -2.13. The monoisotopic (exact) mass is 249 g/mol. The van der Waals surface area contributed by atoms with Gasteiger partial charge in [0.2, 0.25) is 5.91 Å². The molecule has 0 aromatic carbocycles. The summed E-state index contributed by atoms with van der Waals surface area (Å²) >= 11 is 0. The summed E-state index contributed by atoms with van der Waals surface area (Å²) in [4.78, 5) is 21.4. The van der Waals surface area contributed by atoms with Crippen LogP contribution in [-0.2, 0) is 19.4 Å². The lowest BCUT2D eigenvalue weighted by atomic mass is 10.3. The molecule has 92 valence electrons. The first-order chi connectivity index (χ1) is 7.30. The Morgan fingerprint density at radius 2 is 2.00 bits per heavy atom. The Hall–Kier alpha value is -1.11. The van der Waals surface area contributed by atoms with Gasteiger partial charge in [0.25, 0.3) is 0 Å². The van der Waals surface area contributed by atoms with Crippen LogP contribution in [0, 0.1) is 5.92 Å². The number of nitrogens with one attached hydrogen (secondary N) is 1. The van der Waals surface area contributed by atoms with Crippen LogP contribution in [0.2, 0.25) is 0 Å². The zero-order valence-corrected chi connectivity index (χ0v) is 9.79. The van der Waals surface area contributed by atoms with Crippen molar-refractivity contribution in [3.8, 4) is 0 Å². The van der Waals surface area contributed by atoms with E-state index in [-0.39, 0.29) is 11.7 Å². The van der Waals surface area contributed by atoms with Gasteiger partial charge < -0.3 is 10.4 Å². The highest BCUT2D eigenvalue weighted by Gasteiger charge is 2.32. The average Bonchev–Trinajstić information content (AvgIpc) is 2.84. The maximum atomic E-state index is 11.6. The lowest BCUT2D eigenvalue weighted by Crippen LogP contribution is -2.45. The molecule has 1 fully saturated rings. The predicted octanol–water partition coefficient (Wildman–Crippen LogP) is -0.599. The first-order valence-corrected chi connectivity index (χ1v) is 6.82. The second kappa shape index (κ2) is 4.82. The third-order valence-electron chi connectivity index (χ3n) is 2.28. The maximum absolute atomic E-state index is 11.6. The third kappa shape index (κ3) is 4.61. The van der Waals surface area contributed by atoms with Gasteiger partial charge in [-0.15, -0.1) is 0 Å². The molecule has 7 heteroatoms. The molecule has 0 unspecified atom stereocenters. The number of sulfone groups is 1. The molecule has 1 aliphatic rings. The van der Waals surface area contributed by atoms with Crippen LogP contribution in [0.3, 0.4) is 0 Å². The van der Waals surface area contributed by atoms with E-state index >= 15 is 0 Å². The van der Waals surface area contributed by atoms with E-state index in [0.717, 1.165) is 19.8 Å². The predicted molar refractivity (Wildman–Crippen MR) is 56.6 cm³/mol. The summed E-state index contributed by atoms with van der Waals surface area (Å²) in [6.45, 7) is 1.16. The average molecular weight is 249 g/mol. The van der Waals surface area contributed by atoms with E-state index in [1.54, 1.807) is 0 Å². The number of aliphatic carboxylic acids is 1. The molecule has 1 saturated carbocycles. The summed E-state index contributed by atoms with van der Waals surface area (Å²) in [5.74, 6) is -2.20. The quantitative estimate of drug-likeness (QED) is 0.654. The molecule has 0 aromatic heterocycles. The summed E-state index contributed by atoms with van der Waals surface area (Å²) in [7, 11) is -3.40. The summed E-state index contributed by atoms with van der Waals surface area (Å²) in [5, 5.41) is 10.9. The van der Waals surface area contributed by atoms with Crippen molar-refractivity contribution in [2.45, 2.75) is 25.8 Å². The van der Waals surface area contributed by atoms with Crippen LogP contribution in [0.15, 0.2) is 0 Å². The van der Waals surface area contributed by atoms with Crippen LogP contribution >= 0.6 is 0 Å². The van der Waals surface area contributed by atoms with Crippen LogP contribution in [0.25, 0.3) is 0 Å². The van der Waals surface area contributed by atoms with E-state index in [2.05, 4.69) is 5.32 Å². The fraction of sp³-hybridized carbons (Fsp3) is 0.778. The number of hydrogen-bond acceptors (Lipinski definition) is 4. The molecular formula is C9H15NO5S. The van der Waals surface area contributed by atoms with E-state index < -0.39 is 33.5 Å². The normalized spacial score (nSPS) is 17.8. The highest BCUT2D eigenvalue weighted by Crippen LogP contribution is 2.30. The summed E-state index contributed by atoms with van der Waals surface area (Å²) in [5.41, 5.74) is 0. The smallest absolute Gasteiger partial charge is 0.327 e. The molecule has 1 amide bonds. The molecule has 0 saturated heterocycles. The first kappa shape index (κ1) is 13.0. The minimum absolute atomic E-state index is 0.0242. The molecule has 2 N–H and O–H groups in total. The largest absolute Gasteiger partial charge is 0.480 e. The first-order valence-electron chi connectivity index (χ1n) is 5.00. The number of carbonyl (C=O) groups excluding carboxylic acids is 1. The Morgan fingerprint density at radius 1 is 1.44 bits per heavy atom. The molecule has 1 aliphatic carbocycles. The Morgan fingerprint density at radius 3 is 2.38 bits per heavy atom. The number of carboxylic acid groups (broad SMARTS) is 1. The van der Waals surface area contributed by atoms with Gasteiger partial charge in [0.1, 0.15) is 6.04 Å². The van der Waals surface area contributed by atoms with Crippen molar-refractivity contribution in [3.05, 3.63) is 0 Å². The van der Waals surface area contributed by atoms with Crippen molar-refractivity contribution in [3.63, 3.8) is 0 Å². The van der Waals surface area contributed by atoms with Gasteiger partial charge in [0, 0.05) is 6.92 Å². The van der Waals surface area contributed by atoms with Gasteiger partial charge in [-0.2, -0.15) is 0 Å². The number of rotatable bonds is 6. The minimum Gasteiger partial charge on any atom is -0.480 e. The Balaban J connectivity index is 2.58. The molecule has 0 aliphatic heterocycles. The van der Waals surface area contributed by atoms with Gasteiger partial charge >= 0.3 is 5.97 Å². The number of carbonyl (C=O) groups is 2. The van der Waals surface area contributed by atoms with Gasteiger partial charge in [0.05, 0.1) is 11.5 Å². The van der Waals surface area contributed by atoms with Crippen molar-refractivity contribution in [1.82, 2.24) is 5.32 Å². The summed E-state index contributed by atoms with van der Waals surface area (Å²) < 4.78 is 23.1. The van der Waals surface area contributed by atoms with E-state index in [0.29, 0.717) is 0 Å². The second-order valence-electron chi connectivity index (χ2n) is 4.11. The van der Waals surface area contributed by atoms with Crippen molar-refractivity contribution < 1.29 is 23.1 Å². The fourth-order valence-electron chi connectivity index (χ4n) is 1.39. The molecule has 0 bridgehead atoms. The van der Waals surface area contributed by atoms with Crippen LogP contribution < -0.4 is 5.32 Å². The molecule has 6 nitrogen and oxygen atoms in total. The molecular weight excluding hydrogens is 234 g/mol. The number of amides is 1. The van der Waals surface area contributed by atoms with Crippen LogP contribution in [0.1, 0.15) is 19.8 Å². The highest BCUT2D eigenvalue weighted by atomic mass is 32.2. The standard InChI is InChI=1S/C9H15NO5S/c1-6(11)10-8(9(12)13)5-16(14,15)4-7-2-3-7/h7-8H,2-5H2,1H3,(H,10,11)(H,12,13)/t8-/m0/s1. The van der Waals surface area contributed by atoms with Gasteiger partial charge in [-0.3, -0.25) is 4.79 Å². The van der Waals surface area contributed by atoms with E-state index in [1.165, 1.54) is 0 Å². The van der Waals surface area contributed by atoms with Crippen LogP contribution in [0.4, 0.5) is 0 Å². The number of hydrogen-bond donors (Lipinski definition) is 2. The van der Waals surface area contributed by atoms with E-state index in [9.17, 15) is 18.0 Å². The van der Waals surface area contributed by atoms with Crippen molar-refractivity contribution in [2.24, 2.45) is 5.92 Å². The SMILES string of the molecule is CC(=O)N[C@@H](CS(=O)(=O)CC1CC1)C(=O)O. The summed E-state index contributed by atoms with van der Waals surface area (Å²) in [6.07, 6.45) is 1.77. The molecule has 0 radical (unpaired) electrons. The Kier molecular flexibility index (Phi) is 3.90. The zero-order chi connectivity index (χ0) is 12.3. The van der Waals surface area contributed by atoms with E-state index in [1.807, 2.05) is 0 Å². The van der Waals surface area contributed by atoms with E-state index in [4.69, 9.17) is 5.11 Å². The van der Waals surface area contributed by atoms with Gasteiger partial charge in [-0.05, 0) is 18.8 Å². The Labute approximate surface area is 93.9 Å². The molecule has 1 rings (SSSR count). The molecule has 0 heterocycles. The van der Waals surface area contributed by atoms with Gasteiger partial charge in [0.15, 0.2) is 9.84 Å². The Bertz CT molecular complexity index is 385. The zero-order valence-electron chi connectivity index (χ0n) is 8.97. The number of carboxylic acids is 1. The molecule has 16 heavy (non-hydrogen) atoms. The molecule has 0 aromatic rings. The highest BCUT2D eigenvalue weighted by molar-refractivity contribution is 7.91. The maximum Gasteiger partial charge on any atom is 0.327 e.